The Labute approximate surface area is 181 Å². The molecule has 5 heterocycles. The topological polar surface area (TPSA) is 40.5 Å². The second-order valence-electron chi connectivity index (χ2n) is 10.5. The normalized spacial score (nSPS) is 29.2. The first-order chi connectivity index (χ1) is 14.8. The highest BCUT2D eigenvalue weighted by Crippen LogP contribution is 2.36. The van der Waals surface area contributed by atoms with Gasteiger partial charge in [0.2, 0.25) is 0 Å². The monoisotopic (exact) mass is 412 g/mol. The van der Waals surface area contributed by atoms with Crippen LogP contribution in [0.3, 0.4) is 0 Å². The summed E-state index contributed by atoms with van der Waals surface area (Å²) in [5, 5.41) is 3.49. The summed E-state index contributed by atoms with van der Waals surface area (Å²) < 4.78 is 2.17. The molecule has 0 radical (unpaired) electrons. The molecule has 1 aromatic rings. The van der Waals surface area contributed by atoms with Crippen molar-refractivity contribution < 1.29 is 0 Å². The Balaban J connectivity index is 1.28. The van der Waals surface area contributed by atoms with Gasteiger partial charge in [-0.2, -0.15) is 0 Å². The molecular weight excluding hydrogens is 372 g/mol. The number of nitrogens with one attached hydrogen (secondary N) is 1. The van der Waals surface area contributed by atoms with Gasteiger partial charge in [0.15, 0.2) is 0 Å². The van der Waals surface area contributed by atoms with E-state index in [1.165, 1.54) is 83.2 Å². The highest BCUT2D eigenvalue weighted by Gasteiger charge is 2.35. The van der Waals surface area contributed by atoms with Gasteiger partial charge in [0.25, 0.3) is 5.56 Å². The predicted molar refractivity (Wildman–Crippen MR) is 122 cm³/mol. The van der Waals surface area contributed by atoms with E-state index < -0.39 is 0 Å². The Hall–Kier alpha value is -1.17. The summed E-state index contributed by atoms with van der Waals surface area (Å²) in [7, 11) is 0. The van der Waals surface area contributed by atoms with Gasteiger partial charge in [-0.25, -0.2) is 0 Å². The van der Waals surface area contributed by atoms with Crippen molar-refractivity contribution in [2.75, 3.05) is 45.8 Å². The molecule has 1 N–H and O–H groups in total. The Morgan fingerprint density at radius 2 is 1.67 bits per heavy atom. The average molecular weight is 413 g/mol. The van der Waals surface area contributed by atoms with E-state index in [0.717, 1.165) is 44.2 Å². The van der Waals surface area contributed by atoms with Crippen molar-refractivity contribution in [2.24, 2.45) is 11.8 Å². The van der Waals surface area contributed by atoms with Gasteiger partial charge in [-0.1, -0.05) is 25.3 Å². The number of pyridine rings is 1. The van der Waals surface area contributed by atoms with E-state index in [1.54, 1.807) is 0 Å². The molecule has 0 saturated carbocycles. The minimum Gasteiger partial charge on any atom is -0.317 e. The molecule has 5 rings (SSSR count). The van der Waals surface area contributed by atoms with Crippen molar-refractivity contribution in [2.45, 2.75) is 70.4 Å². The fraction of sp³-hybridized carbons (Fsp3) is 0.800. The minimum absolute atomic E-state index is 0.302. The maximum Gasteiger partial charge on any atom is 0.255 e. The van der Waals surface area contributed by atoms with Crippen LogP contribution in [0.1, 0.15) is 68.5 Å². The zero-order valence-electron chi connectivity index (χ0n) is 18.7. The Bertz CT molecular complexity index is 761. The summed E-state index contributed by atoms with van der Waals surface area (Å²) in [5.74, 6) is 2.04. The quantitative estimate of drug-likeness (QED) is 0.825. The molecule has 3 fully saturated rings. The third kappa shape index (κ3) is 4.68. The zero-order chi connectivity index (χ0) is 20.3. The zero-order valence-corrected chi connectivity index (χ0v) is 18.7. The van der Waals surface area contributed by atoms with Crippen LogP contribution < -0.4 is 10.9 Å². The van der Waals surface area contributed by atoms with Crippen LogP contribution >= 0.6 is 0 Å². The van der Waals surface area contributed by atoms with E-state index in [0.29, 0.717) is 17.4 Å². The molecule has 4 aliphatic rings. The molecule has 2 atom stereocenters. The number of fused-ring (bicyclic) bond motifs is 4. The van der Waals surface area contributed by atoms with Crippen molar-refractivity contribution >= 4 is 0 Å². The number of piperidine rings is 2. The molecule has 0 aliphatic carbocycles. The number of aromatic nitrogens is 1. The lowest BCUT2D eigenvalue weighted by molar-refractivity contribution is 0.0979. The van der Waals surface area contributed by atoms with E-state index >= 15 is 0 Å². The van der Waals surface area contributed by atoms with Gasteiger partial charge < -0.3 is 14.8 Å². The molecule has 2 bridgehead atoms. The van der Waals surface area contributed by atoms with Gasteiger partial charge in [-0.15, -0.1) is 0 Å². The van der Waals surface area contributed by atoms with Crippen LogP contribution in [0.25, 0.3) is 0 Å². The molecule has 0 amide bonds. The van der Waals surface area contributed by atoms with Crippen LogP contribution in [0.5, 0.6) is 0 Å². The molecule has 0 unspecified atom stereocenters. The first-order valence-corrected chi connectivity index (χ1v) is 12.6. The molecule has 0 aromatic carbocycles. The van der Waals surface area contributed by atoms with Crippen LogP contribution in [0.4, 0.5) is 0 Å². The number of hydrogen-bond acceptors (Lipinski definition) is 4. The van der Waals surface area contributed by atoms with Crippen molar-refractivity contribution in [1.29, 1.82) is 0 Å². The average Bonchev–Trinajstić information content (AvgIpc) is 2.73. The standard InChI is InChI=1S/C25H40N4O/c30-25-22(18-27-12-4-2-1-3-5-13-27)6-7-24-23-14-21(17-29(24)25)16-28(19-23)15-20-8-10-26-11-9-20/h6-7,20-21,23,26H,1-5,8-19H2/t21-,23+/m0/s1. The Morgan fingerprint density at radius 3 is 2.47 bits per heavy atom. The largest absolute Gasteiger partial charge is 0.317 e. The van der Waals surface area contributed by atoms with E-state index in [1.807, 2.05) is 0 Å². The van der Waals surface area contributed by atoms with Gasteiger partial charge >= 0.3 is 0 Å². The fourth-order valence-electron chi connectivity index (χ4n) is 6.50. The molecule has 4 aliphatic heterocycles. The van der Waals surface area contributed by atoms with Gasteiger partial charge in [0.05, 0.1) is 0 Å². The summed E-state index contributed by atoms with van der Waals surface area (Å²) in [6, 6.07) is 4.47. The van der Waals surface area contributed by atoms with E-state index in [4.69, 9.17) is 0 Å². The minimum atomic E-state index is 0.302. The SMILES string of the molecule is O=c1c(CN2CCCCCCC2)ccc2n1C[C@H]1C[C@@H]2CN(CC2CCNCC2)C1. The van der Waals surface area contributed by atoms with Crippen LogP contribution in [0.2, 0.25) is 0 Å². The molecule has 1 aromatic heterocycles. The van der Waals surface area contributed by atoms with Gasteiger partial charge in [0.1, 0.15) is 0 Å². The number of nitrogens with zero attached hydrogens (tertiary/aromatic N) is 3. The lowest BCUT2D eigenvalue weighted by Crippen LogP contribution is -2.49. The van der Waals surface area contributed by atoms with Crippen LogP contribution in [0, 0.1) is 11.8 Å². The molecule has 166 valence electrons. The van der Waals surface area contributed by atoms with Crippen LogP contribution in [-0.2, 0) is 13.1 Å². The fourth-order valence-corrected chi connectivity index (χ4v) is 6.50. The third-order valence-electron chi connectivity index (χ3n) is 8.08. The maximum absolute atomic E-state index is 13.4. The second kappa shape index (κ2) is 9.54. The number of rotatable bonds is 4. The lowest BCUT2D eigenvalue weighted by Gasteiger charge is -2.44. The number of likely N-dealkylation sites (tertiary alicyclic amines) is 2. The molecule has 5 heteroatoms. The van der Waals surface area contributed by atoms with Crippen LogP contribution in [0.15, 0.2) is 16.9 Å². The summed E-state index contributed by atoms with van der Waals surface area (Å²) in [6.45, 7) is 10.0. The highest BCUT2D eigenvalue weighted by molar-refractivity contribution is 5.22. The molecule has 0 spiro atoms. The summed E-state index contributed by atoms with van der Waals surface area (Å²) >= 11 is 0. The van der Waals surface area contributed by atoms with Gasteiger partial charge in [-0.3, -0.25) is 9.69 Å². The first kappa shape index (κ1) is 20.7. The smallest absolute Gasteiger partial charge is 0.255 e. The maximum atomic E-state index is 13.4. The summed E-state index contributed by atoms with van der Waals surface area (Å²) in [4.78, 5) is 18.6. The third-order valence-corrected chi connectivity index (χ3v) is 8.08. The summed E-state index contributed by atoms with van der Waals surface area (Å²) in [5.41, 5.74) is 2.63. The van der Waals surface area contributed by atoms with Gasteiger partial charge in [0, 0.05) is 49.9 Å². The second-order valence-corrected chi connectivity index (χ2v) is 10.5. The Kier molecular flexibility index (Phi) is 6.59. The molecular formula is C25H40N4O. The molecule has 30 heavy (non-hydrogen) atoms. The highest BCUT2D eigenvalue weighted by atomic mass is 16.1. The number of hydrogen-bond donors (Lipinski definition) is 1. The van der Waals surface area contributed by atoms with Crippen LogP contribution in [-0.4, -0.2) is 60.2 Å². The van der Waals surface area contributed by atoms with E-state index in [-0.39, 0.29) is 0 Å². The molecule has 3 saturated heterocycles. The van der Waals surface area contributed by atoms with Crippen molar-refractivity contribution in [3.8, 4) is 0 Å². The van der Waals surface area contributed by atoms with Crippen molar-refractivity contribution in [1.82, 2.24) is 19.7 Å². The Morgan fingerprint density at radius 1 is 0.900 bits per heavy atom. The first-order valence-electron chi connectivity index (χ1n) is 12.6. The molecule has 5 nitrogen and oxygen atoms in total. The van der Waals surface area contributed by atoms with E-state index in [9.17, 15) is 4.79 Å². The predicted octanol–water partition coefficient (Wildman–Crippen LogP) is 3.03. The van der Waals surface area contributed by atoms with Crippen molar-refractivity contribution in [3.63, 3.8) is 0 Å². The van der Waals surface area contributed by atoms with E-state index in [2.05, 4.69) is 31.8 Å². The summed E-state index contributed by atoms with van der Waals surface area (Å²) in [6.07, 6.45) is 10.5. The van der Waals surface area contributed by atoms with Crippen molar-refractivity contribution in [3.05, 3.63) is 33.7 Å². The lowest BCUT2D eigenvalue weighted by atomic mass is 9.82. The van der Waals surface area contributed by atoms with Gasteiger partial charge in [-0.05, 0) is 76.2 Å².